The molecule has 0 radical (unpaired) electrons. The Morgan fingerprint density at radius 1 is 0.969 bits per heavy atom. The first-order valence-electron chi connectivity index (χ1n) is 9.34. The van der Waals surface area contributed by atoms with E-state index in [4.69, 9.17) is 28.5 Å². The Morgan fingerprint density at radius 2 is 1.62 bits per heavy atom. The number of carbonyl (C=O) groups is 2. The number of nitriles is 1. The average Bonchev–Trinajstić information content (AvgIpc) is 3.06. The molecule has 1 saturated heterocycles. The lowest BCUT2D eigenvalue weighted by atomic mass is 9.95. The maximum atomic E-state index is 13.6. The molecule has 3 aromatic rings. The number of hydrogen-bond acceptors (Lipinski definition) is 4. The summed E-state index contributed by atoms with van der Waals surface area (Å²) >= 11 is 12.0. The van der Waals surface area contributed by atoms with Gasteiger partial charge in [0.15, 0.2) is 0 Å². The fraction of sp³-hybridized carbons (Fsp3) is 0.0417. The first-order valence-corrected chi connectivity index (χ1v) is 10.1. The Morgan fingerprint density at radius 3 is 2.22 bits per heavy atom. The number of ketones is 1. The second-order valence-electron chi connectivity index (χ2n) is 7.01. The van der Waals surface area contributed by atoms with Gasteiger partial charge < -0.3 is 5.11 Å². The smallest absolute Gasteiger partial charge is 0.300 e. The zero-order valence-electron chi connectivity index (χ0n) is 16.2. The van der Waals surface area contributed by atoms with Gasteiger partial charge in [-0.1, -0.05) is 35.3 Å². The van der Waals surface area contributed by atoms with Gasteiger partial charge in [0.1, 0.15) is 11.6 Å². The number of rotatable bonds is 3. The fourth-order valence-corrected chi connectivity index (χ4v) is 3.85. The van der Waals surface area contributed by atoms with Crippen LogP contribution in [0.15, 0.2) is 72.3 Å². The van der Waals surface area contributed by atoms with Crippen molar-refractivity contribution in [2.45, 2.75) is 6.04 Å². The predicted molar refractivity (Wildman–Crippen MR) is 119 cm³/mol. The van der Waals surface area contributed by atoms with Gasteiger partial charge in [-0.15, -0.1) is 0 Å². The molecule has 3 aromatic carbocycles. The van der Waals surface area contributed by atoms with Crippen LogP contribution in [0.4, 0.5) is 10.1 Å². The molecule has 1 N–H and O–H groups in total. The maximum absolute atomic E-state index is 13.6. The highest BCUT2D eigenvalue weighted by molar-refractivity contribution is 6.51. The Bertz CT molecular complexity index is 1310. The SMILES string of the molecule is N#Cc1ccc(N2C(=O)C(=O)/C(=C(\O)c3ccc(Cl)c(Cl)c3)C2c2ccc(F)cc2)cc1. The quantitative estimate of drug-likeness (QED) is 0.308. The van der Waals surface area contributed by atoms with Crippen LogP contribution < -0.4 is 4.90 Å². The molecule has 1 unspecified atom stereocenters. The molecular weight excluding hydrogens is 454 g/mol. The summed E-state index contributed by atoms with van der Waals surface area (Å²) in [5.41, 5.74) is 1.15. The van der Waals surface area contributed by atoms with E-state index in [1.165, 1.54) is 71.6 Å². The number of amides is 1. The van der Waals surface area contributed by atoms with E-state index in [1.54, 1.807) is 0 Å². The standard InChI is InChI=1S/C24H13Cl2FN2O3/c25-18-10-5-15(11-19(18)26)22(30)20-21(14-3-6-16(27)7-4-14)29(24(32)23(20)31)17-8-1-13(12-28)2-9-17/h1-11,21,30H/b22-20-. The van der Waals surface area contributed by atoms with Gasteiger partial charge in [0.25, 0.3) is 11.7 Å². The van der Waals surface area contributed by atoms with E-state index in [-0.39, 0.29) is 21.2 Å². The molecule has 4 rings (SSSR count). The Labute approximate surface area is 192 Å². The van der Waals surface area contributed by atoms with Crippen molar-refractivity contribution in [1.82, 2.24) is 0 Å². The number of halogens is 3. The monoisotopic (exact) mass is 466 g/mol. The summed E-state index contributed by atoms with van der Waals surface area (Å²) in [6, 6.07) is 16.6. The normalized spacial score (nSPS) is 17.4. The van der Waals surface area contributed by atoms with Crippen molar-refractivity contribution in [3.8, 4) is 6.07 Å². The molecule has 1 heterocycles. The maximum Gasteiger partial charge on any atom is 0.300 e. The van der Waals surface area contributed by atoms with Gasteiger partial charge in [-0.2, -0.15) is 5.26 Å². The van der Waals surface area contributed by atoms with E-state index in [9.17, 15) is 19.1 Å². The van der Waals surface area contributed by atoms with E-state index in [0.29, 0.717) is 16.8 Å². The molecule has 0 saturated carbocycles. The van der Waals surface area contributed by atoms with Crippen LogP contribution >= 0.6 is 23.2 Å². The molecule has 1 aliphatic rings. The highest BCUT2D eigenvalue weighted by Gasteiger charge is 2.47. The summed E-state index contributed by atoms with van der Waals surface area (Å²) < 4.78 is 13.6. The number of carbonyl (C=O) groups excluding carboxylic acids is 2. The van der Waals surface area contributed by atoms with Crippen molar-refractivity contribution in [2.75, 3.05) is 4.90 Å². The molecule has 0 aliphatic carbocycles. The van der Waals surface area contributed by atoms with Gasteiger partial charge in [0.05, 0.1) is 33.3 Å². The summed E-state index contributed by atoms with van der Waals surface area (Å²) in [5.74, 6) is -2.71. The van der Waals surface area contributed by atoms with Crippen LogP contribution in [0, 0.1) is 17.1 Å². The lowest BCUT2D eigenvalue weighted by molar-refractivity contribution is -0.132. The summed E-state index contributed by atoms with van der Waals surface area (Å²) in [6.07, 6.45) is 0. The molecule has 1 fully saturated rings. The first kappa shape index (κ1) is 21.6. The number of nitrogens with zero attached hydrogens (tertiary/aromatic N) is 2. The van der Waals surface area contributed by atoms with Crippen molar-refractivity contribution >= 4 is 46.3 Å². The highest BCUT2D eigenvalue weighted by atomic mass is 35.5. The number of Topliss-reactive ketones (excluding diaryl/α,β-unsaturated/α-hetero) is 1. The highest BCUT2D eigenvalue weighted by Crippen LogP contribution is 2.42. The Kier molecular flexibility index (Phi) is 5.70. The van der Waals surface area contributed by atoms with Gasteiger partial charge in [-0.05, 0) is 60.2 Å². The number of benzene rings is 3. The minimum Gasteiger partial charge on any atom is -0.507 e. The van der Waals surface area contributed by atoms with Crippen LogP contribution in [0.3, 0.4) is 0 Å². The second kappa shape index (κ2) is 8.46. The topological polar surface area (TPSA) is 81.4 Å². The number of aliphatic hydroxyl groups excluding tert-OH is 1. The molecule has 1 atom stereocenters. The van der Waals surface area contributed by atoms with Crippen molar-refractivity contribution in [3.05, 3.63) is 105 Å². The summed E-state index contributed by atoms with van der Waals surface area (Å²) in [4.78, 5) is 27.3. The van der Waals surface area contributed by atoms with E-state index in [0.717, 1.165) is 0 Å². The molecule has 0 bridgehead atoms. The zero-order chi connectivity index (χ0) is 23.0. The van der Waals surface area contributed by atoms with Crippen LogP contribution in [0.5, 0.6) is 0 Å². The van der Waals surface area contributed by atoms with E-state index in [2.05, 4.69) is 0 Å². The van der Waals surface area contributed by atoms with Crippen LogP contribution in [-0.4, -0.2) is 16.8 Å². The van der Waals surface area contributed by atoms with Gasteiger partial charge in [-0.3, -0.25) is 14.5 Å². The van der Waals surface area contributed by atoms with Gasteiger partial charge in [0, 0.05) is 11.3 Å². The van der Waals surface area contributed by atoms with Crippen LogP contribution in [0.2, 0.25) is 10.0 Å². The summed E-state index contributed by atoms with van der Waals surface area (Å²) in [5, 5.41) is 20.5. The van der Waals surface area contributed by atoms with Gasteiger partial charge in [-0.25, -0.2) is 4.39 Å². The van der Waals surface area contributed by atoms with Crippen molar-refractivity contribution in [2.24, 2.45) is 0 Å². The Hall–Kier alpha value is -3.66. The van der Waals surface area contributed by atoms with Gasteiger partial charge >= 0.3 is 0 Å². The number of aliphatic hydroxyl groups is 1. The minimum atomic E-state index is -1.03. The van der Waals surface area contributed by atoms with Crippen molar-refractivity contribution in [3.63, 3.8) is 0 Å². The lowest BCUT2D eigenvalue weighted by Gasteiger charge is -2.25. The largest absolute Gasteiger partial charge is 0.507 e. The Balaban J connectivity index is 1.94. The van der Waals surface area contributed by atoms with E-state index in [1.807, 2.05) is 6.07 Å². The summed E-state index contributed by atoms with van der Waals surface area (Å²) in [6.45, 7) is 0. The van der Waals surface area contributed by atoms with Crippen molar-refractivity contribution in [1.29, 1.82) is 5.26 Å². The number of anilines is 1. The average molecular weight is 467 g/mol. The predicted octanol–water partition coefficient (Wildman–Crippen LogP) is 5.63. The molecule has 8 heteroatoms. The zero-order valence-corrected chi connectivity index (χ0v) is 17.7. The van der Waals surface area contributed by atoms with Crippen LogP contribution in [0.1, 0.15) is 22.7 Å². The van der Waals surface area contributed by atoms with E-state index < -0.39 is 29.3 Å². The molecular formula is C24H13Cl2FN2O3. The third-order valence-electron chi connectivity index (χ3n) is 5.10. The first-order chi connectivity index (χ1) is 15.3. The number of hydrogen-bond donors (Lipinski definition) is 1. The molecule has 0 spiro atoms. The second-order valence-corrected chi connectivity index (χ2v) is 7.82. The molecule has 1 aliphatic heterocycles. The molecule has 5 nitrogen and oxygen atoms in total. The minimum absolute atomic E-state index is 0.162. The van der Waals surface area contributed by atoms with E-state index >= 15 is 0 Å². The third kappa shape index (κ3) is 3.73. The van der Waals surface area contributed by atoms with Crippen molar-refractivity contribution < 1.29 is 19.1 Å². The molecule has 0 aromatic heterocycles. The molecule has 158 valence electrons. The molecule has 32 heavy (non-hydrogen) atoms. The summed E-state index contributed by atoms with van der Waals surface area (Å²) in [7, 11) is 0. The molecule has 1 amide bonds. The van der Waals surface area contributed by atoms with Crippen LogP contribution in [-0.2, 0) is 9.59 Å². The fourth-order valence-electron chi connectivity index (χ4n) is 3.55. The third-order valence-corrected chi connectivity index (χ3v) is 5.84. The van der Waals surface area contributed by atoms with Gasteiger partial charge in [0.2, 0.25) is 0 Å². The van der Waals surface area contributed by atoms with Crippen LogP contribution in [0.25, 0.3) is 5.76 Å². The lowest BCUT2D eigenvalue weighted by Crippen LogP contribution is -2.29.